The highest BCUT2D eigenvalue weighted by Gasteiger charge is 2.35. The number of carbonyl (C=O) groups is 2. The third-order valence-electron chi connectivity index (χ3n) is 6.02. The first-order valence-corrected chi connectivity index (χ1v) is 13.2. The van der Waals surface area contributed by atoms with E-state index in [0.717, 1.165) is 29.8 Å². The summed E-state index contributed by atoms with van der Waals surface area (Å²) in [6.45, 7) is 7.09. The fraction of sp³-hybridized carbons (Fsp3) is 0.310. The molecule has 4 rings (SSSR count). The topological polar surface area (TPSA) is 58.6 Å². The molecule has 1 fully saturated rings. The molecule has 0 aromatic heterocycles. The van der Waals surface area contributed by atoms with Crippen LogP contribution in [0.2, 0.25) is 0 Å². The first-order chi connectivity index (χ1) is 17.0. The molecule has 1 saturated heterocycles. The Bertz CT molecular complexity index is 1160. The van der Waals surface area contributed by atoms with Crippen molar-refractivity contribution < 1.29 is 14.3 Å². The van der Waals surface area contributed by atoms with Gasteiger partial charge in [-0.15, -0.1) is 11.8 Å². The number of hydrogen-bond acceptors (Lipinski definition) is 4. The molecule has 1 N–H and O–H groups in total. The molecule has 5 nitrogen and oxygen atoms in total. The van der Waals surface area contributed by atoms with Crippen molar-refractivity contribution in [3.63, 3.8) is 0 Å². The van der Waals surface area contributed by atoms with Crippen LogP contribution in [0.3, 0.4) is 0 Å². The van der Waals surface area contributed by atoms with Crippen molar-refractivity contribution in [3.8, 4) is 5.75 Å². The van der Waals surface area contributed by atoms with E-state index in [0.29, 0.717) is 29.5 Å². The Labute approximate surface area is 211 Å². The van der Waals surface area contributed by atoms with Crippen molar-refractivity contribution in [2.45, 2.75) is 44.9 Å². The van der Waals surface area contributed by atoms with Crippen molar-refractivity contribution in [1.82, 2.24) is 0 Å². The summed E-state index contributed by atoms with van der Waals surface area (Å²) in [6, 6.07) is 23.1. The Kier molecular flexibility index (Phi) is 8.13. The molecule has 2 amide bonds. The van der Waals surface area contributed by atoms with Crippen molar-refractivity contribution >= 4 is 35.0 Å². The summed E-state index contributed by atoms with van der Waals surface area (Å²) in [4.78, 5) is 27.5. The largest absolute Gasteiger partial charge is 0.494 e. The Hall–Kier alpha value is -3.25. The average Bonchev–Trinajstić information content (AvgIpc) is 3.26. The second kappa shape index (κ2) is 11.5. The molecular formula is C29H32N2O3S. The smallest absolute Gasteiger partial charge is 0.255 e. The fourth-order valence-electron chi connectivity index (χ4n) is 4.10. The average molecular weight is 489 g/mol. The van der Waals surface area contributed by atoms with E-state index >= 15 is 0 Å². The molecule has 6 heteroatoms. The number of amides is 2. The molecule has 182 valence electrons. The van der Waals surface area contributed by atoms with Crippen LogP contribution in [0.15, 0.2) is 72.8 Å². The minimum absolute atomic E-state index is 0.0904. The van der Waals surface area contributed by atoms with Gasteiger partial charge >= 0.3 is 0 Å². The lowest BCUT2D eigenvalue weighted by Gasteiger charge is -2.27. The van der Waals surface area contributed by atoms with E-state index in [4.69, 9.17) is 4.74 Å². The van der Waals surface area contributed by atoms with Gasteiger partial charge in [0.15, 0.2) is 0 Å². The first-order valence-electron chi connectivity index (χ1n) is 12.1. The van der Waals surface area contributed by atoms with Gasteiger partial charge in [-0.3, -0.25) is 14.5 Å². The minimum Gasteiger partial charge on any atom is -0.494 e. The minimum atomic E-state index is -0.171. The lowest BCUT2D eigenvalue weighted by Crippen LogP contribution is -2.29. The zero-order chi connectivity index (χ0) is 24.8. The Morgan fingerprint density at radius 1 is 1.06 bits per heavy atom. The molecular weight excluding hydrogens is 456 g/mol. The highest BCUT2D eigenvalue weighted by atomic mass is 32.2. The van der Waals surface area contributed by atoms with Crippen molar-refractivity contribution in [2.24, 2.45) is 0 Å². The lowest BCUT2D eigenvalue weighted by atomic mass is 10.00. The highest BCUT2D eigenvalue weighted by molar-refractivity contribution is 8.00. The number of nitrogens with one attached hydrogen (secondary N) is 1. The van der Waals surface area contributed by atoms with Crippen LogP contribution < -0.4 is 15.0 Å². The van der Waals surface area contributed by atoms with Crippen LogP contribution in [-0.4, -0.2) is 24.2 Å². The predicted octanol–water partition coefficient (Wildman–Crippen LogP) is 7.02. The summed E-state index contributed by atoms with van der Waals surface area (Å²) < 4.78 is 5.67. The van der Waals surface area contributed by atoms with Crippen molar-refractivity contribution in [1.29, 1.82) is 0 Å². The van der Waals surface area contributed by atoms with E-state index in [2.05, 4.69) is 32.2 Å². The van der Waals surface area contributed by atoms with Gasteiger partial charge in [-0.05, 0) is 65.9 Å². The van der Waals surface area contributed by atoms with Crippen molar-refractivity contribution in [2.75, 3.05) is 22.6 Å². The molecule has 0 saturated carbocycles. The predicted molar refractivity (Wildman–Crippen MR) is 144 cm³/mol. The normalized spacial score (nSPS) is 15.5. The maximum absolute atomic E-state index is 12.8. The highest BCUT2D eigenvalue weighted by Crippen LogP contribution is 2.44. The number of ether oxygens (including phenoxy) is 1. The molecule has 0 aliphatic carbocycles. The number of rotatable bonds is 9. The van der Waals surface area contributed by atoms with Crippen LogP contribution in [0.4, 0.5) is 11.4 Å². The van der Waals surface area contributed by atoms with Crippen LogP contribution in [0.1, 0.15) is 66.4 Å². The molecule has 0 bridgehead atoms. The quantitative estimate of drug-likeness (QED) is 0.329. The molecule has 3 aromatic carbocycles. The Morgan fingerprint density at radius 2 is 1.77 bits per heavy atom. The molecule has 0 spiro atoms. The monoisotopic (exact) mass is 488 g/mol. The van der Waals surface area contributed by atoms with Gasteiger partial charge in [0, 0.05) is 16.9 Å². The molecule has 1 aliphatic rings. The lowest BCUT2D eigenvalue weighted by molar-refractivity contribution is -0.115. The van der Waals surface area contributed by atoms with Crippen LogP contribution in [-0.2, 0) is 4.79 Å². The second-order valence-corrected chi connectivity index (χ2v) is 10.0. The number of para-hydroxylation sites is 1. The molecule has 1 heterocycles. The van der Waals surface area contributed by atoms with Crippen LogP contribution in [0.5, 0.6) is 5.75 Å². The van der Waals surface area contributed by atoms with Gasteiger partial charge < -0.3 is 10.1 Å². The molecule has 35 heavy (non-hydrogen) atoms. The molecule has 1 atom stereocenters. The van der Waals surface area contributed by atoms with Gasteiger partial charge in [-0.25, -0.2) is 0 Å². The van der Waals surface area contributed by atoms with Crippen LogP contribution in [0, 0.1) is 0 Å². The van der Waals surface area contributed by atoms with E-state index in [1.807, 2.05) is 59.5 Å². The van der Waals surface area contributed by atoms with Gasteiger partial charge in [-0.2, -0.15) is 0 Å². The first kappa shape index (κ1) is 24.9. The number of thioether (sulfide) groups is 1. The van der Waals surface area contributed by atoms with E-state index < -0.39 is 0 Å². The number of nitrogens with zero attached hydrogens (tertiary/aromatic N) is 1. The van der Waals surface area contributed by atoms with Crippen LogP contribution >= 0.6 is 11.8 Å². The van der Waals surface area contributed by atoms with E-state index in [1.165, 1.54) is 5.56 Å². The second-order valence-electron chi connectivity index (χ2n) is 8.94. The van der Waals surface area contributed by atoms with Gasteiger partial charge in [0.1, 0.15) is 11.1 Å². The molecule has 3 aromatic rings. The van der Waals surface area contributed by atoms with Gasteiger partial charge in [0.25, 0.3) is 5.91 Å². The zero-order valence-electron chi connectivity index (χ0n) is 20.5. The van der Waals surface area contributed by atoms with Gasteiger partial charge in [-0.1, -0.05) is 57.5 Å². The summed E-state index contributed by atoms with van der Waals surface area (Å²) in [5, 5.41) is 2.87. The van der Waals surface area contributed by atoms with Gasteiger partial charge in [0.05, 0.1) is 12.4 Å². The number of benzene rings is 3. The fourth-order valence-corrected chi connectivity index (χ4v) is 5.27. The van der Waals surface area contributed by atoms with Crippen LogP contribution in [0.25, 0.3) is 0 Å². The van der Waals surface area contributed by atoms with E-state index in [9.17, 15) is 9.59 Å². The van der Waals surface area contributed by atoms with Gasteiger partial charge in [0.2, 0.25) is 5.91 Å². The summed E-state index contributed by atoms with van der Waals surface area (Å²) in [5.74, 6) is 1.49. The standard InChI is InChI=1S/C29H32N2O3S/c1-4-5-18-34-24-16-12-21(13-17-24)28(33)30-23-14-10-22(11-15-23)29-31(27(32)19-35-29)26-9-7-6-8-25(26)20(2)3/h6-17,20,29H,4-5,18-19H2,1-3H3,(H,30,33). The number of unbranched alkanes of at least 4 members (excludes halogenated alkanes) is 1. The van der Waals surface area contributed by atoms with E-state index in [-0.39, 0.29) is 17.2 Å². The summed E-state index contributed by atoms with van der Waals surface area (Å²) >= 11 is 1.63. The third kappa shape index (κ3) is 5.88. The molecule has 1 aliphatic heterocycles. The third-order valence-corrected chi connectivity index (χ3v) is 7.24. The maximum atomic E-state index is 12.8. The summed E-state index contributed by atoms with van der Waals surface area (Å²) in [7, 11) is 0. The Balaban J connectivity index is 1.45. The molecule has 1 unspecified atom stereocenters. The number of carbonyl (C=O) groups excluding carboxylic acids is 2. The molecule has 0 radical (unpaired) electrons. The summed E-state index contributed by atoms with van der Waals surface area (Å²) in [5.41, 5.74) is 4.46. The zero-order valence-corrected chi connectivity index (χ0v) is 21.3. The van der Waals surface area contributed by atoms with Crippen molar-refractivity contribution in [3.05, 3.63) is 89.5 Å². The van der Waals surface area contributed by atoms with E-state index in [1.54, 1.807) is 23.9 Å². The number of anilines is 2. The summed E-state index contributed by atoms with van der Waals surface area (Å²) in [6.07, 6.45) is 2.09. The Morgan fingerprint density at radius 3 is 2.46 bits per heavy atom. The number of hydrogen-bond donors (Lipinski definition) is 1. The maximum Gasteiger partial charge on any atom is 0.255 e. The SMILES string of the molecule is CCCCOc1ccc(C(=O)Nc2ccc(C3SCC(=O)N3c3ccccc3C(C)C)cc2)cc1.